The maximum absolute atomic E-state index is 13.1. The Morgan fingerprint density at radius 2 is 2.14 bits per heavy atom. The number of aliphatic hydroxyl groups excluding tert-OH is 1. The summed E-state index contributed by atoms with van der Waals surface area (Å²) in [6.07, 6.45) is 0.643. The number of allylic oxidation sites excluding steroid dienone is 3. The van der Waals surface area contributed by atoms with Gasteiger partial charge in [0.2, 0.25) is 0 Å². The molecule has 0 saturated carbocycles. The number of nitrogens with one attached hydrogen (secondary N) is 1. The van der Waals surface area contributed by atoms with Gasteiger partial charge in [-0.15, -0.1) is 0 Å². The van der Waals surface area contributed by atoms with Crippen molar-refractivity contribution in [3.63, 3.8) is 0 Å². The van der Waals surface area contributed by atoms with Crippen molar-refractivity contribution < 1.29 is 23.1 Å². The van der Waals surface area contributed by atoms with E-state index in [1.807, 2.05) is 6.07 Å². The van der Waals surface area contributed by atoms with Crippen LogP contribution in [0.25, 0.3) is 0 Å². The topological polar surface area (TPSA) is 89.2 Å². The second-order valence-electron chi connectivity index (χ2n) is 7.12. The van der Waals surface area contributed by atoms with E-state index in [0.717, 1.165) is 12.2 Å². The second-order valence-corrected chi connectivity index (χ2v) is 7.12. The fourth-order valence-electron chi connectivity index (χ4n) is 4.07. The molecule has 0 bridgehead atoms. The highest BCUT2D eigenvalue weighted by Gasteiger charge is 2.43. The molecule has 0 radical (unpaired) electrons. The van der Waals surface area contributed by atoms with E-state index in [2.05, 4.69) is 10.3 Å². The van der Waals surface area contributed by atoms with Crippen LogP contribution < -0.4 is 5.32 Å². The lowest BCUT2D eigenvalue weighted by atomic mass is 9.93. The van der Waals surface area contributed by atoms with Crippen LogP contribution in [-0.4, -0.2) is 39.3 Å². The third-order valence-corrected chi connectivity index (χ3v) is 5.38. The number of hydrogen-bond acceptors (Lipinski definition) is 4. The monoisotopic (exact) mass is 402 g/mol. The molecule has 0 aromatic carbocycles. The number of aliphatic hydroxyl groups is 1. The molecule has 2 heterocycles. The molecule has 1 aliphatic heterocycles. The molecule has 3 unspecified atom stereocenters. The van der Waals surface area contributed by atoms with Gasteiger partial charge in [0.15, 0.2) is 0 Å². The quantitative estimate of drug-likeness (QED) is 0.795. The molecule has 4 rings (SSSR count). The number of hydrogen-bond donors (Lipinski definition) is 2. The zero-order valence-electron chi connectivity index (χ0n) is 15.1. The molecular formula is C20H17F3N4O2. The van der Waals surface area contributed by atoms with Gasteiger partial charge in [0.05, 0.1) is 23.8 Å². The zero-order chi connectivity index (χ0) is 20.8. The Kier molecular flexibility index (Phi) is 4.67. The molecule has 150 valence electrons. The van der Waals surface area contributed by atoms with Gasteiger partial charge in [-0.3, -0.25) is 4.90 Å². The average molecular weight is 402 g/mol. The Morgan fingerprint density at radius 1 is 1.34 bits per heavy atom. The molecule has 0 saturated heterocycles. The molecule has 6 nitrogen and oxygen atoms in total. The van der Waals surface area contributed by atoms with Gasteiger partial charge < -0.3 is 10.4 Å². The molecule has 0 spiro atoms. The fraction of sp³-hybridized carbons (Fsp3) is 0.350. The van der Waals surface area contributed by atoms with E-state index in [1.54, 1.807) is 6.07 Å². The van der Waals surface area contributed by atoms with E-state index >= 15 is 0 Å². The maximum atomic E-state index is 13.1. The molecule has 1 aromatic rings. The van der Waals surface area contributed by atoms with Crippen LogP contribution in [0.5, 0.6) is 0 Å². The number of nitrogens with zero attached hydrogens (tertiary/aromatic N) is 3. The van der Waals surface area contributed by atoms with Crippen molar-refractivity contribution in [2.45, 2.75) is 43.6 Å². The molecule has 2 N–H and O–H groups in total. The van der Waals surface area contributed by atoms with Crippen molar-refractivity contribution in [1.29, 1.82) is 5.26 Å². The average Bonchev–Trinajstić information content (AvgIpc) is 3.08. The summed E-state index contributed by atoms with van der Waals surface area (Å²) in [5, 5.41) is 22.2. The number of urea groups is 1. The molecule has 0 fully saturated rings. The van der Waals surface area contributed by atoms with E-state index < -0.39 is 36.0 Å². The standard InChI is InChI=1S/C20H17F3N4O2/c21-20(22,23)12-2-1-3-14(8-12)27-15-6-7-16(28)17(15)18(26-19(27)29)11-4-5-13(9-24)25-10-11/h1-2,4-5,8,10,14,16,18,28H,3,6-7H2,(H,26,29). The van der Waals surface area contributed by atoms with E-state index in [4.69, 9.17) is 5.26 Å². The van der Waals surface area contributed by atoms with Crippen LogP contribution in [0.4, 0.5) is 18.0 Å². The molecule has 3 aliphatic rings. The Bertz CT molecular complexity index is 973. The highest BCUT2D eigenvalue weighted by atomic mass is 19.4. The highest BCUT2D eigenvalue weighted by molar-refractivity contribution is 5.80. The summed E-state index contributed by atoms with van der Waals surface area (Å²) < 4.78 is 39.4. The molecule has 1 aromatic heterocycles. The molecule has 2 aliphatic carbocycles. The van der Waals surface area contributed by atoms with Crippen LogP contribution in [0.2, 0.25) is 0 Å². The number of aromatic nitrogens is 1. The van der Waals surface area contributed by atoms with Crippen LogP contribution in [0.1, 0.15) is 36.6 Å². The van der Waals surface area contributed by atoms with Gasteiger partial charge in [-0.25, -0.2) is 9.78 Å². The van der Waals surface area contributed by atoms with E-state index in [-0.39, 0.29) is 12.1 Å². The fourth-order valence-corrected chi connectivity index (χ4v) is 4.07. The van der Waals surface area contributed by atoms with Crippen molar-refractivity contribution in [3.8, 4) is 6.07 Å². The van der Waals surface area contributed by atoms with Crippen LogP contribution >= 0.6 is 0 Å². The smallest absolute Gasteiger partial charge is 0.389 e. The summed E-state index contributed by atoms with van der Waals surface area (Å²) >= 11 is 0. The van der Waals surface area contributed by atoms with Crippen molar-refractivity contribution in [3.05, 3.63) is 64.7 Å². The van der Waals surface area contributed by atoms with Gasteiger partial charge in [0, 0.05) is 17.5 Å². The summed E-state index contributed by atoms with van der Waals surface area (Å²) in [6.45, 7) is 0. The minimum Gasteiger partial charge on any atom is -0.389 e. The largest absolute Gasteiger partial charge is 0.416 e. The van der Waals surface area contributed by atoms with Gasteiger partial charge in [-0.05, 0) is 37.0 Å². The Balaban J connectivity index is 1.73. The van der Waals surface area contributed by atoms with Crippen molar-refractivity contribution in [1.82, 2.24) is 15.2 Å². The zero-order valence-corrected chi connectivity index (χ0v) is 15.1. The van der Waals surface area contributed by atoms with Crippen LogP contribution in [-0.2, 0) is 0 Å². The first-order valence-corrected chi connectivity index (χ1v) is 9.12. The predicted molar refractivity (Wildman–Crippen MR) is 96.0 cm³/mol. The number of alkyl halides is 3. The summed E-state index contributed by atoms with van der Waals surface area (Å²) in [7, 11) is 0. The SMILES string of the molecule is N#Cc1ccc(C2NC(=O)N(C3C=C(C(F)(F)F)C=CC3)C3=C2C(O)CC3)cn1. The molecule has 3 atom stereocenters. The number of halogens is 3. The molecule has 2 amide bonds. The number of pyridine rings is 1. The number of carbonyl (C=O) groups is 1. The number of nitriles is 1. The third-order valence-electron chi connectivity index (χ3n) is 5.38. The first-order chi connectivity index (χ1) is 13.8. The Labute approximate surface area is 164 Å². The highest BCUT2D eigenvalue weighted by Crippen LogP contribution is 2.42. The second kappa shape index (κ2) is 7.04. The van der Waals surface area contributed by atoms with Crippen LogP contribution in [0.3, 0.4) is 0 Å². The summed E-state index contributed by atoms with van der Waals surface area (Å²) in [6, 6.07) is 3.12. The Hall–Kier alpha value is -3.12. The Morgan fingerprint density at radius 3 is 2.79 bits per heavy atom. The first-order valence-electron chi connectivity index (χ1n) is 9.12. The molecule has 9 heteroatoms. The van der Waals surface area contributed by atoms with E-state index in [1.165, 1.54) is 23.2 Å². The summed E-state index contributed by atoms with van der Waals surface area (Å²) in [5.41, 5.74) is 1.14. The van der Waals surface area contributed by atoms with Crippen LogP contribution in [0, 0.1) is 11.3 Å². The van der Waals surface area contributed by atoms with Gasteiger partial charge in [0.1, 0.15) is 11.8 Å². The number of rotatable bonds is 2. The lowest BCUT2D eigenvalue weighted by molar-refractivity contribution is -0.0889. The first kappa shape index (κ1) is 19.2. The van der Waals surface area contributed by atoms with Gasteiger partial charge >= 0.3 is 12.2 Å². The van der Waals surface area contributed by atoms with Crippen molar-refractivity contribution in [2.75, 3.05) is 0 Å². The van der Waals surface area contributed by atoms with Gasteiger partial charge in [0.25, 0.3) is 0 Å². The molecular weight excluding hydrogens is 385 g/mol. The summed E-state index contributed by atoms with van der Waals surface area (Å²) in [5.74, 6) is 0. The van der Waals surface area contributed by atoms with Crippen molar-refractivity contribution >= 4 is 6.03 Å². The van der Waals surface area contributed by atoms with Gasteiger partial charge in [-0.1, -0.05) is 18.2 Å². The maximum Gasteiger partial charge on any atom is 0.416 e. The minimum atomic E-state index is -4.50. The van der Waals surface area contributed by atoms with Crippen molar-refractivity contribution in [2.24, 2.45) is 0 Å². The summed E-state index contributed by atoms with van der Waals surface area (Å²) in [4.78, 5) is 18.2. The third kappa shape index (κ3) is 3.40. The molecule has 29 heavy (non-hydrogen) atoms. The lowest BCUT2D eigenvalue weighted by Gasteiger charge is -2.39. The number of amides is 2. The lowest BCUT2D eigenvalue weighted by Crippen LogP contribution is -2.51. The van der Waals surface area contributed by atoms with Gasteiger partial charge in [-0.2, -0.15) is 18.4 Å². The van der Waals surface area contributed by atoms with Crippen LogP contribution in [0.15, 0.2) is 53.4 Å². The minimum absolute atomic E-state index is 0.220. The normalized spacial score (nSPS) is 26.7. The number of carbonyl (C=O) groups excluding carboxylic acids is 1. The predicted octanol–water partition coefficient (Wildman–Crippen LogP) is 3.25. The van der Waals surface area contributed by atoms with E-state index in [9.17, 15) is 23.1 Å². The van der Waals surface area contributed by atoms with E-state index in [0.29, 0.717) is 29.7 Å².